The van der Waals surface area contributed by atoms with Crippen molar-refractivity contribution in [1.29, 1.82) is 0 Å². The van der Waals surface area contributed by atoms with Crippen molar-refractivity contribution in [3.8, 4) is 11.3 Å². The van der Waals surface area contributed by atoms with Crippen molar-refractivity contribution < 1.29 is 12.8 Å². The largest absolute Gasteiger partial charge is 0.449 e. The number of hydrogen-bond acceptors (Lipinski definition) is 5. The lowest BCUT2D eigenvalue weighted by Gasteiger charge is -2.33. The van der Waals surface area contributed by atoms with Gasteiger partial charge in [0, 0.05) is 31.6 Å². The highest BCUT2D eigenvalue weighted by atomic mass is 35.5. The lowest BCUT2D eigenvalue weighted by Crippen LogP contribution is -2.44. The molecule has 0 radical (unpaired) electrons. The molecule has 1 aliphatic heterocycles. The molecule has 1 aromatic carbocycles. The van der Waals surface area contributed by atoms with Crippen LogP contribution >= 0.6 is 12.4 Å². The van der Waals surface area contributed by atoms with E-state index in [-0.39, 0.29) is 24.4 Å². The monoisotopic (exact) mass is 385 g/mol. The number of nitrogens with zero attached hydrogens (tertiary/aromatic N) is 2. The molecule has 2 heterocycles. The number of oxazole rings is 1. The van der Waals surface area contributed by atoms with Gasteiger partial charge in [-0.15, -0.1) is 12.4 Å². The second-order valence-electron chi connectivity index (χ2n) is 6.40. The Kier molecular flexibility index (Phi) is 6.26. The molecule has 1 fully saturated rings. The molecule has 0 bridgehead atoms. The Bertz CT molecular complexity index is 803. The van der Waals surface area contributed by atoms with Gasteiger partial charge >= 0.3 is 0 Å². The van der Waals surface area contributed by atoms with E-state index in [0.717, 1.165) is 18.4 Å². The van der Waals surface area contributed by atoms with Crippen LogP contribution in [0.25, 0.3) is 11.3 Å². The van der Waals surface area contributed by atoms with E-state index in [1.807, 2.05) is 6.92 Å². The molecule has 6 nitrogen and oxygen atoms in total. The molecular formula is C17H24ClN3O3S. The van der Waals surface area contributed by atoms with Crippen LogP contribution in [0.1, 0.15) is 25.7 Å². The van der Waals surface area contributed by atoms with Crippen LogP contribution in [-0.4, -0.2) is 36.8 Å². The van der Waals surface area contributed by atoms with E-state index < -0.39 is 10.0 Å². The molecule has 138 valence electrons. The van der Waals surface area contributed by atoms with E-state index in [1.54, 1.807) is 41.8 Å². The molecule has 0 aliphatic carbocycles. The Morgan fingerprint density at radius 3 is 2.56 bits per heavy atom. The summed E-state index contributed by atoms with van der Waals surface area (Å²) in [6.45, 7) is 4.75. The third-order valence-electron chi connectivity index (χ3n) is 4.57. The minimum atomic E-state index is -3.49. The van der Waals surface area contributed by atoms with Gasteiger partial charge in [0.1, 0.15) is 12.0 Å². The van der Waals surface area contributed by atoms with Crippen LogP contribution in [0.4, 0.5) is 0 Å². The van der Waals surface area contributed by atoms with Crippen LogP contribution in [0.15, 0.2) is 39.8 Å². The smallest absolute Gasteiger partial charge is 0.243 e. The van der Waals surface area contributed by atoms with Crippen LogP contribution in [-0.2, 0) is 10.0 Å². The normalized spacial score (nSPS) is 20.0. The van der Waals surface area contributed by atoms with Crippen molar-refractivity contribution >= 4 is 22.4 Å². The van der Waals surface area contributed by atoms with Gasteiger partial charge in [0.2, 0.25) is 10.0 Å². The van der Waals surface area contributed by atoms with E-state index in [2.05, 4.69) is 4.98 Å². The highest BCUT2D eigenvalue weighted by Gasteiger charge is 2.31. The average molecular weight is 386 g/mol. The lowest BCUT2D eigenvalue weighted by atomic mass is 9.93. The minimum absolute atomic E-state index is 0. The molecule has 1 aliphatic rings. The molecule has 1 aromatic heterocycles. The second kappa shape index (κ2) is 7.86. The number of sulfonamides is 1. The maximum absolute atomic E-state index is 12.9. The number of halogens is 1. The SMILES string of the molecule is Cc1nc(-c2ccc(S(=O)(=O)N3CCCC(C(C)N)C3)cc2)co1.Cl. The highest BCUT2D eigenvalue weighted by molar-refractivity contribution is 7.89. The maximum atomic E-state index is 12.9. The predicted molar refractivity (Wildman–Crippen MR) is 99.1 cm³/mol. The standard InChI is InChI=1S/C17H23N3O3S.ClH/c1-12(18)15-4-3-9-20(10-15)24(21,22)16-7-5-14(6-8-16)17-11-23-13(2)19-17;/h5-8,11-12,15H,3-4,9-10,18H2,1-2H3;1H. The molecule has 0 spiro atoms. The number of aryl methyl sites for hydroxylation is 1. The van der Waals surface area contributed by atoms with E-state index >= 15 is 0 Å². The predicted octanol–water partition coefficient (Wildman–Crippen LogP) is 2.82. The quantitative estimate of drug-likeness (QED) is 0.873. The average Bonchev–Trinajstić information content (AvgIpc) is 3.01. The van der Waals surface area contributed by atoms with Crippen molar-refractivity contribution in [2.45, 2.75) is 37.6 Å². The summed E-state index contributed by atoms with van der Waals surface area (Å²) in [5.41, 5.74) is 7.49. The fourth-order valence-corrected chi connectivity index (χ4v) is 4.60. The topological polar surface area (TPSA) is 89.4 Å². The Morgan fingerprint density at radius 1 is 1.32 bits per heavy atom. The summed E-state index contributed by atoms with van der Waals surface area (Å²) in [6.07, 6.45) is 3.40. The zero-order valence-corrected chi connectivity index (χ0v) is 16.0. The summed E-state index contributed by atoms with van der Waals surface area (Å²) >= 11 is 0. The molecule has 0 saturated carbocycles. The van der Waals surface area contributed by atoms with Crippen molar-refractivity contribution in [3.05, 3.63) is 36.4 Å². The van der Waals surface area contributed by atoms with E-state index in [1.165, 1.54) is 0 Å². The number of rotatable bonds is 4. The number of piperidine rings is 1. The summed E-state index contributed by atoms with van der Waals surface area (Å²) in [7, 11) is -3.49. The summed E-state index contributed by atoms with van der Waals surface area (Å²) < 4.78 is 32.5. The molecule has 25 heavy (non-hydrogen) atoms. The van der Waals surface area contributed by atoms with Crippen molar-refractivity contribution in [2.24, 2.45) is 11.7 Å². The Morgan fingerprint density at radius 2 is 2.00 bits per heavy atom. The fraction of sp³-hybridized carbons (Fsp3) is 0.471. The molecule has 2 unspecified atom stereocenters. The van der Waals surface area contributed by atoms with Gasteiger partial charge in [-0.05, 0) is 37.8 Å². The van der Waals surface area contributed by atoms with Crippen LogP contribution in [0.5, 0.6) is 0 Å². The van der Waals surface area contributed by atoms with Crippen LogP contribution in [0, 0.1) is 12.8 Å². The maximum Gasteiger partial charge on any atom is 0.243 e. The van der Waals surface area contributed by atoms with Gasteiger partial charge < -0.3 is 10.2 Å². The van der Waals surface area contributed by atoms with Crippen LogP contribution in [0.2, 0.25) is 0 Å². The van der Waals surface area contributed by atoms with Gasteiger partial charge in [0.15, 0.2) is 5.89 Å². The highest BCUT2D eigenvalue weighted by Crippen LogP contribution is 2.27. The van der Waals surface area contributed by atoms with E-state index in [9.17, 15) is 8.42 Å². The third-order valence-corrected chi connectivity index (χ3v) is 6.45. The summed E-state index contributed by atoms with van der Waals surface area (Å²) in [6, 6.07) is 6.78. The number of aromatic nitrogens is 1. The Balaban J connectivity index is 0.00000225. The van der Waals surface area contributed by atoms with Gasteiger partial charge in [0.05, 0.1) is 4.90 Å². The number of hydrogen-bond donors (Lipinski definition) is 1. The summed E-state index contributed by atoms with van der Waals surface area (Å²) in [4.78, 5) is 4.55. The third kappa shape index (κ3) is 4.23. The first-order valence-electron chi connectivity index (χ1n) is 8.16. The lowest BCUT2D eigenvalue weighted by molar-refractivity contribution is 0.243. The van der Waals surface area contributed by atoms with Gasteiger partial charge in [-0.1, -0.05) is 12.1 Å². The molecule has 2 aromatic rings. The molecular weight excluding hydrogens is 362 g/mol. The Labute approximate surface area is 154 Å². The van der Waals surface area contributed by atoms with Crippen LogP contribution in [0.3, 0.4) is 0 Å². The fourth-order valence-electron chi connectivity index (χ4n) is 3.06. The summed E-state index contributed by atoms with van der Waals surface area (Å²) in [5.74, 6) is 0.794. The molecule has 0 amide bonds. The first-order valence-corrected chi connectivity index (χ1v) is 9.60. The molecule has 1 saturated heterocycles. The first kappa shape index (κ1) is 19.9. The van der Waals surface area contributed by atoms with E-state index in [0.29, 0.717) is 29.6 Å². The molecule has 3 rings (SSSR count). The van der Waals surface area contributed by atoms with Gasteiger partial charge in [-0.3, -0.25) is 0 Å². The summed E-state index contributed by atoms with van der Waals surface area (Å²) in [5, 5.41) is 0. The van der Waals surface area contributed by atoms with Crippen molar-refractivity contribution in [1.82, 2.24) is 9.29 Å². The van der Waals surface area contributed by atoms with Crippen LogP contribution < -0.4 is 5.73 Å². The number of nitrogens with two attached hydrogens (primary N) is 1. The van der Waals surface area contributed by atoms with Crippen molar-refractivity contribution in [2.75, 3.05) is 13.1 Å². The molecule has 8 heteroatoms. The van der Waals surface area contributed by atoms with E-state index in [4.69, 9.17) is 10.2 Å². The minimum Gasteiger partial charge on any atom is -0.449 e. The molecule has 2 N–H and O–H groups in total. The molecule has 2 atom stereocenters. The van der Waals surface area contributed by atoms with Gasteiger partial charge in [-0.25, -0.2) is 13.4 Å². The zero-order valence-electron chi connectivity index (χ0n) is 14.4. The first-order chi connectivity index (χ1) is 11.4. The Hall–Kier alpha value is -1.41. The second-order valence-corrected chi connectivity index (χ2v) is 8.34. The van der Waals surface area contributed by atoms with Crippen molar-refractivity contribution in [3.63, 3.8) is 0 Å². The number of benzene rings is 1. The van der Waals surface area contributed by atoms with Gasteiger partial charge in [0.25, 0.3) is 0 Å². The van der Waals surface area contributed by atoms with Gasteiger partial charge in [-0.2, -0.15) is 4.31 Å². The zero-order chi connectivity index (χ0) is 17.3.